The summed E-state index contributed by atoms with van der Waals surface area (Å²) in [7, 11) is 0. The SMILES string of the molecule is CC(=O)c1cc(-c2ccco2)ccc1OCc1ccccc1. The van der Waals surface area contributed by atoms with Crippen LogP contribution in [0.25, 0.3) is 11.3 Å². The van der Waals surface area contributed by atoms with E-state index in [0.29, 0.717) is 17.9 Å². The van der Waals surface area contributed by atoms with E-state index >= 15 is 0 Å². The van der Waals surface area contributed by atoms with Gasteiger partial charge in [0.25, 0.3) is 0 Å². The first-order valence-corrected chi connectivity index (χ1v) is 7.09. The van der Waals surface area contributed by atoms with Gasteiger partial charge in [0.15, 0.2) is 5.78 Å². The summed E-state index contributed by atoms with van der Waals surface area (Å²) < 4.78 is 11.2. The topological polar surface area (TPSA) is 39.4 Å². The number of benzene rings is 2. The zero-order valence-corrected chi connectivity index (χ0v) is 12.3. The van der Waals surface area contributed by atoms with Crippen molar-refractivity contribution in [1.82, 2.24) is 0 Å². The molecule has 3 aromatic rings. The summed E-state index contributed by atoms with van der Waals surface area (Å²) in [5.74, 6) is 1.29. The van der Waals surface area contributed by atoms with Crippen LogP contribution in [-0.4, -0.2) is 5.78 Å². The first-order chi connectivity index (χ1) is 10.7. The van der Waals surface area contributed by atoms with Crippen LogP contribution in [0.5, 0.6) is 5.75 Å². The van der Waals surface area contributed by atoms with Crippen molar-refractivity contribution in [3.05, 3.63) is 78.1 Å². The minimum atomic E-state index is -0.0310. The zero-order valence-electron chi connectivity index (χ0n) is 12.3. The Labute approximate surface area is 129 Å². The molecule has 0 aliphatic rings. The largest absolute Gasteiger partial charge is 0.488 e. The molecule has 0 N–H and O–H groups in total. The van der Waals surface area contributed by atoms with Crippen LogP contribution < -0.4 is 4.74 Å². The molecular weight excluding hydrogens is 276 g/mol. The number of carbonyl (C=O) groups is 1. The maximum atomic E-state index is 11.9. The molecule has 0 saturated carbocycles. The molecule has 0 bridgehead atoms. The van der Waals surface area contributed by atoms with Gasteiger partial charge in [-0.25, -0.2) is 0 Å². The molecule has 1 heterocycles. The van der Waals surface area contributed by atoms with Gasteiger partial charge in [0, 0.05) is 5.56 Å². The van der Waals surface area contributed by atoms with Crippen molar-refractivity contribution in [2.75, 3.05) is 0 Å². The maximum absolute atomic E-state index is 11.9. The van der Waals surface area contributed by atoms with Crippen molar-refractivity contribution < 1.29 is 13.9 Å². The van der Waals surface area contributed by atoms with Crippen LogP contribution in [-0.2, 0) is 6.61 Å². The molecule has 3 rings (SSSR count). The molecule has 3 nitrogen and oxygen atoms in total. The van der Waals surface area contributed by atoms with Gasteiger partial charge in [0.2, 0.25) is 0 Å². The Kier molecular flexibility index (Phi) is 4.05. The van der Waals surface area contributed by atoms with Crippen LogP contribution in [0.4, 0.5) is 0 Å². The van der Waals surface area contributed by atoms with Crippen LogP contribution in [0.15, 0.2) is 71.3 Å². The molecular formula is C19H16O3. The van der Waals surface area contributed by atoms with Crippen LogP contribution >= 0.6 is 0 Å². The third-order valence-electron chi connectivity index (χ3n) is 3.40. The molecule has 0 atom stereocenters. The van der Waals surface area contributed by atoms with E-state index in [0.717, 1.165) is 16.9 Å². The van der Waals surface area contributed by atoms with E-state index < -0.39 is 0 Å². The molecule has 0 amide bonds. The number of hydrogen-bond donors (Lipinski definition) is 0. The van der Waals surface area contributed by atoms with Crippen molar-refractivity contribution in [3.63, 3.8) is 0 Å². The Bertz CT molecular complexity index is 759. The molecule has 0 fully saturated rings. The molecule has 0 radical (unpaired) electrons. The number of furan rings is 1. The molecule has 1 aromatic heterocycles. The van der Waals surface area contributed by atoms with Gasteiger partial charge < -0.3 is 9.15 Å². The molecule has 0 spiro atoms. The lowest BCUT2D eigenvalue weighted by Crippen LogP contribution is -2.02. The van der Waals surface area contributed by atoms with Gasteiger partial charge in [-0.3, -0.25) is 4.79 Å². The lowest BCUT2D eigenvalue weighted by molar-refractivity contribution is 0.101. The van der Waals surface area contributed by atoms with E-state index in [4.69, 9.17) is 9.15 Å². The molecule has 110 valence electrons. The van der Waals surface area contributed by atoms with Crippen LogP contribution in [0, 0.1) is 0 Å². The summed E-state index contributed by atoms with van der Waals surface area (Å²) in [4.78, 5) is 11.9. The highest BCUT2D eigenvalue weighted by atomic mass is 16.5. The molecule has 2 aromatic carbocycles. The van der Waals surface area contributed by atoms with E-state index in [1.54, 1.807) is 6.26 Å². The molecule has 22 heavy (non-hydrogen) atoms. The number of ketones is 1. The fraction of sp³-hybridized carbons (Fsp3) is 0.105. The molecule has 0 saturated heterocycles. The van der Waals surface area contributed by atoms with E-state index in [-0.39, 0.29) is 5.78 Å². The normalized spacial score (nSPS) is 10.4. The van der Waals surface area contributed by atoms with Crippen LogP contribution in [0.3, 0.4) is 0 Å². The van der Waals surface area contributed by atoms with Gasteiger partial charge in [-0.05, 0) is 42.8 Å². The first kappa shape index (κ1) is 14.1. The Morgan fingerprint density at radius 1 is 1.05 bits per heavy atom. The average Bonchev–Trinajstić information content (AvgIpc) is 3.08. The summed E-state index contributed by atoms with van der Waals surface area (Å²) in [5.41, 5.74) is 2.49. The number of rotatable bonds is 5. The van der Waals surface area contributed by atoms with Gasteiger partial charge in [-0.15, -0.1) is 0 Å². The average molecular weight is 292 g/mol. The monoisotopic (exact) mass is 292 g/mol. The second kappa shape index (κ2) is 6.31. The number of ether oxygens (including phenoxy) is 1. The van der Waals surface area contributed by atoms with Crippen LogP contribution in [0.2, 0.25) is 0 Å². The summed E-state index contributed by atoms with van der Waals surface area (Å²) in [6.07, 6.45) is 1.61. The Hall–Kier alpha value is -2.81. The number of hydrogen-bond acceptors (Lipinski definition) is 3. The molecule has 0 unspecified atom stereocenters. The third-order valence-corrected chi connectivity index (χ3v) is 3.40. The van der Waals surface area contributed by atoms with E-state index in [2.05, 4.69) is 0 Å². The summed E-state index contributed by atoms with van der Waals surface area (Å²) >= 11 is 0. The predicted molar refractivity (Wildman–Crippen MR) is 84.9 cm³/mol. The number of carbonyl (C=O) groups excluding carboxylic acids is 1. The van der Waals surface area contributed by atoms with Crippen molar-refractivity contribution >= 4 is 5.78 Å². The second-order valence-electron chi connectivity index (χ2n) is 5.02. The van der Waals surface area contributed by atoms with Crippen molar-refractivity contribution in [1.29, 1.82) is 0 Å². The second-order valence-corrected chi connectivity index (χ2v) is 5.02. The summed E-state index contributed by atoms with van der Waals surface area (Å²) in [5, 5.41) is 0. The third kappa shape index (κ3) is 3.09. The summed E-state index contributed by atoms with van der Waals surface area (Å²) in [6, 6.07) is 19.1. The Morgan fingerprint density at radius 2 is 1.86 bits per heavy atom. The van der Waals surface area contributed by atoms with E-state index in [1.165, 1.54) is 6.92 Å². The van der Waals surface area contributed by atoms with Crippen molar-refractivity contribution in [2.45, 2.75) is 13.5 Å². The van der Waals surface area contributed by atoms with Crippen LogP contribution in [0.1, 0.15) is 22.8 Å². The van der Waals surface area contributed by atoms with Gasteiger partial charge in [-0.1, -0.05) is 30.3 Å². The first-order valence-electron chi connectivity index (χ1n) is 7.09. The van der Waals surface area contributed by atoms with Gasteiger partial charge >= 0.3 is 0 Å². The number of Topliss-reactive ketones (excluding diaryl/α,β-unsaturated/α-hetero) is 1. The minimum absolute atomic E-state index is 0.0310. The van der Waals surface area contributed by atoms with Gasteiger partial charge in [-0.2, -0.15) is 0 Å². The standard InChI is InChI=1S/C19H16O3/c1-14(20)17-12-16(18-8-5-11-21-18)9-10-19(17)22-13-15-6-3-2-4-7-15/h2-12H,13H2,1H3. The lowest BCUT2D eigenvalue weighted by Gasteiger charge is -2.11. The Morgan fingerprint density at radius 3 is 2.55 bits per heavy atom. The maximum Gasteiger partial charge on any atom is 0.163 e. The van der Waals surface area contributed by atoms with E-state index in [1.807, 2.05) is 60.7 Å². The fourth-order valence-electron chi connectivity index (χ4n) is 2.26. The highest BCUT2D eigenvalue weighted by molar-refractivity contribution is 5.98. The minimum Gasteiger partial charge on any atom is -0.488 e. The van der Waals surface area contributed by atoms with Crippen molar-refractivity contribution in [3.8, 4) is 17.1 Å². The summed E-state index contributed by atoms with van der Waals surface area (Å²) in [6.45, 7) is 1.97. The Balaban J connectivity index is 1.86. The molecule has 3 heteroatoms. The highest BCUT2D eigenvalue weighted by Gasteiger charge is 2.12. The molecule has 0 aliphatic heterocycles. The zero-order chi connectivity index (χ0) is 15.4. The fourth-order valence-corrected chi connectivity index (χ4v) is 2.26. The van der Waals surface area contributed by atoms with Gasteiger partial charge in [0.1, 0.15) is 18.1 Å². The van der Waals surface area contributed by atoms with Gasteiger partial charge in [0.05, 0.1) is 11.8 Å². The predicted octanol–water partition coefficient (Wildman–Crippen LogP) is 4.73. The van der Waals surface area contributed by atoms with E-state index in [9.17, 15) is 4.79 Å². The highest BCUT2D eigenvalue weighted by Crippen LogP contribution is 2.28. The smallest absolute Gasteiger partial charge is 0.163 e. The lowest BCUT2D eigenvalue weighted by atomic mass is 10.1. The molecule has 0 aliphatic carbocycles. The van der Waals surface area contributed by atoms with Crippen molar-refractivity contribution in [2.24, 2.45) is 0 Å². The quantitative estimate of drug-likeness (QED) is 0.638.